The molecule has 0 unspecified atom stereocenters. The molecule has 0 spiro atoms. The van der Waals surface area contributed by atoms with Gasteiger partial charge < -0.3 is 23.9 Å². The van der Waals surface area contributed by atoms with Crippen molar-refractivity contribution in [1.82, 2.24) is 0 Å². The molecule has 3 aromatic rings. The molecule has 1 N–H and O–H groups in total. The first-order chi connectivity index (χ1) is 13.5. The molecule has 0 radical (unpaired) electrons. The van der Waals surface area contributed by atoms with Crippen LogP contribution in [-0.4, -0.2) is 26.7 Å². The van der Waals surface area contributed by atoms with E-state index in [2.05, 4.69) is 10.1 Å². The van der Waals surface area contributed by atoms with Crippen LogP contribution in [0.5, 0.6) is 17.2 Å². The minimum atomic E-state index is -3.01. The van der Waals surface area contributed by atoms with Gasteiger partial charge in [0.1, 0.15) is 5.76 Å². The van der Waals surface area contributed by atoms with Gasteiger partial charge in [0.25, 0.3) is 0 Å². The number of furan rings is 1. The molecular weight excluding hydrogens is 372 g/mol. The number of benzene rings is 2. The van der Waals surface area contributed by atoms with Crippen molar-refractivity contribution < 1.29 is 32.2 Å². The maximum atomic E-state index is 12.5. The van der Waals surface area contributed by atoms with Crippen molar-refractivity contribution in [2.75, 3.05) is 19.5 Å². The fourth-order valence-electron chi connectivity index (χ4n) is 2.58. The molecule has 1 heterocycles. The highest BCUT2D eigenvalue weighted by Gasteiger charge is 2.12. The number of alkyl halides is 2. The summed E-state index contributed by atoms with van der Waals surface area (Å²) < 4.78 is 45.2. The molecule has 0 fully saturated rings. The van der Waals surface area contributed by atoms with Crippen LogP contribution in [0.25, 0.3) is 17.0 Å². The van der Waals surface area contributed by atoms with Crippen LogP contribution >= 0.6 is 0 Å². The second-order valence-electron chi connectivity index (χ2n) is 5.59. The van der Waals surface area contributed by atoms with Crippen LogP contribution in [0.2, 0.25) is 0 Å². The molecule has 1 amide bonds. The van der Waals surface area contributed by atoms with E-state index in [1.165, 1.54) is 37.5 Å². The normalized spacial score (nSPS) is 11.2. The first kappa shape index (κ1) is 19.2. The Bertz CT molecular complexity index is 1010. The number of carbonyl (C=O) groups is 1. The van der Waals surface area contributed by atoms with E-state index in [-0.39, 0.29) is 17.2 Å². The average molecular weight is 389 g/mol. The van der Waals surface area contributed by atoms with Crippen LogP contribution in [0.15, 0.2) is 53.0 Å². The minimum Gasteiger partial charge on any atom is -0.493 e. The Morgan fingerprint density at radius 2 is 1.86 bits per heavy atom. The lowest BCUT2D eigenvalue weighted by atomic mass is 10.2. The summed E-state index contributed by atoms with van der Waals surface area (Å²) in [5.74, 6) is 0.534. The summed E-state index contributed by atoms with van der Waals surface area (Å²) >= 11 is 0. The lowest BCUT2D eigenvalue weighted by Crippen LogP contribution is -2.09. The van der Waals surface area contributed by atoms with Gasteiger partial charge >= 0.3 is 6.61 Å². The summed E-state index contributed by atoms with van der Waals surface area (Å²) in [5, 5.41) is 3.40. The third-order valence-corrected chi connectivity index (χ3v) is 3.79. The topological polar surface area (TPSA) is 69.9 Å². The maximum absolute atomic E-state index is 12.5. The van der Waals surface area contributed by atoms with Gasteiger partial charge in [0.15, 0.2) is 22.8 Å². The van der Waals surface area contributed by atoms with Crippen LogP contribution in [0.1, 0.15) is 5.76 Å². The van der Waals surface area contributed by atoms with E-state index in [1.807, 2.05) is 12.1 Å². The molecule has 146 valence electrons. The molecule has 1 aromatic heterocycles. The second kappa shape index (κ2) is 8.43. The van der Waals surface area contributed by atoms with Crippen molar-refractivity contribution in [2.24, 2.45) is 0 Å². The lowest BCUT2D eigenvalue weighted by Gasteiger charge is -2.11. The van der Waals surface area contributed by atoms with Crippen LogP contribution < -0.4 is 19.5 Å². The molecule has 0 atom stereocenters. The molecule has 0 saturated heterocycles. The van der Waals surface area contributed by atoms with E-state index in [1.54, 1.807) is 19.2 Å². The Kier molecular flexibility index (Phi) is 5.78. The van der Waals surface area contributed by atoms with E-state index >= 15 is 0 Å². The van der Waals surface area contributed by atoms with Crippen LogP contribution in [0.3, 0.4) is 0 Å². The number of methoxy groups -OCH3 is 2. The fraction of sp³-hybridized carbons (Fsp3) is 0.150. The van der Waals surface area contributed by atoms with E-state index in [0.29, 0.717) is 17.1 Å². The summed E-state index contributed by atoms with van der Waals surface area (Å²) in [7, 11) is 2.87. The Hall–Kier alpha value is -3.55. The Balaban J connectivity index is 1.73. The second-order valence-corrected chi connectivity index (χ2v) is 5.59. The highest BCUT2D eigenvalue weighted by molar-refractivity contribution is 6.02. The molecule has 0 aliphatic carbocycles. The van der Waals surface area contributed by atoms with Crippen LogP contribution in [-0.2, 0) is 4.79 Å². The molecule has 0 saturated carbocycles. The minimum absolute atomic E-state index is 0.130. The SMILES string of the molecule is COc1ccc(NC(=O)/C=C\c2cc3cccc(OC)c3o2)cc1OC(F)F. The van der Waals surface area contributed by atoms with Crippen molar-refractivity contribution in [3.05, 3.63) is 54.3 Å². The van der Waals surface area contributed by atoms with E-state index in [9.17, 15) is 13.6 Å². The highest BCUT2D eigenvalue weighted by atomic mass is 19.3. The van der Waals surface area contributed by atoms with E-state index in [4.69, 9.17) is 13.9 Å². The van der Waals surface area contributed by atoms with Crippen molar-refractivity contribution in [3.63, 3.8) is 0 Å². The third-order valence-electron chi connectivity index (χ3n) is 3.79. The first-order valence-corrected chi connectivity index (χ1v) is 8.18. The van der Waals surface area contributed by atoms with Crippen LogP contribution in [0, 0.1) is 0 Å². The molecule has 28 heavy (non-hydrogen) atoms. The third kappa shape index (κ3) is 4.40. The molecule has 0 aliphatic heterocycles. The van der Waals surface area contributed by atoms with E-state index < -0.39 is 12.5 Å². The molecule has 6 nitrogen and oxygen atoms in total. The lowest BCUT2D eigenvalue weighted by molar-refractivity contribution is -0.111. The number of anilines is 1. The zero-order valence-electron chi connectivity index (χ0n) is 15.1. The molecule has 3 rings (SSSR count). The fourth-order valence-corrected chi connectivity index (χ4v) is 2.58. The monoisotopic (exact) mass is 389 g/mol. The van der Waals surface area contributed by atoms with Gasteiger partial charge in [-0.3, -0.25) is 4.79 Å². The molecule has 2 aromatic carbocycles. The number of hydrogen-bond acceptors (Lipinski definition) is 5. The first-order valence-electron chi connectivity index (χ1n) is 8.18. The zero-order chi connectivity index (χ0) is 20.1. The largest absolute Gasteiger partial charge is 0.493 e. The molecular formula is C20H17F2NO5. The maximum Gasteiger partial charge on any atom is 0.387 e. The van der Waals surface area contributed by atoms with Crippen molar-refractivity contribution in [2.45, 2.75) is 6.61 Å². The van der Waals surface area contributed by atoms with Gasteiger partial charge in [0.05, 0.1) is 14.2 Å². The van der Waals surface area contributed by atoms with Gasteiger partial charge in [-0.25, -0.2) is 0 Å². The smallest absolute Gasteiger partial charge is 0.387 e. The van der Waals surface area contributed by atoms with Crippen molar-refractivity contribution in [1.29, 1.82) is 0 Å². The standard InChI is InChI=1S/C20H17F2NO5/c1-25-15-8-6-13(11-17(15)28-20(21)22)23-18(24)9-7-14-10-12-4-3-5-16(26-2)19(12)27-14/h3-11,20H,1-2H3,(H,23,24)/b9-7-. The summed E-state index contributed by atoms with van der Waals surface area (Å²) in [6.07, 6.45) is 2.76. The quantitative estimate of drug-likeness (QED) is 0.593. The van der Waals surface area contributed by atoms with Gasteiger partial charge in [0, 0.05) is 23.2 Å². The number of amides is 1. The number of halogens is 2. The number of fused-ring (bicyclic) bond motifs is 1. The van der Waals surface area contributed by atoms with Gasteiger partial charge in [0.2, 0.25) is 5.91 Å². The van der Waals surface area contributed by atoms with Gasteiger partial charge in [-0.1, -0.05) is 12.1 Å². The summed E-state index contributed by atoms with van der Waals surface area (Å²) in [5.41, 5.74) is 0.853. The average Bonchev–Trinajstić information content (AvgIpc) is 3.09. The van der Waals surface area contributed by atoms with Gasteiger partial charge in [-0.2, -0.15) is 8.78 Å². The summed E-state index contributed by atoms with van der Waals surface area (Å²) in [6, 6.07) is 11.4. The Labute approximate surface area is 159 Å². The zero-order valence-corrected chi connectivity index (χ0v) is 15.1. The van der Waals surface area contributed by atoms with Crippen LogP contribution in [0.4, 0.5) is 14.5 Å². The van der Waals surface area contributed by atoms with Gasteiger partial charge in [-0.05, 0) is 30.3 Å². The summed E-state index contributed by atoms with van der Waals surface area (Å²) in [4.78, 5) is 12.1. The predicted molar refractivity (Wildman–Crippen MR) is 100 cm³/mol. The molecule has 0 bridgehead atoms. The van der Waals surface area contributed by atoms with Crippen molar-refractivity contribution >= 4 is 28.6 Å². The number of nitrogens with one attached hydrogen (secondary N) is 1. The number of para-hydroxylation sites is 1. The van der Waals surface area contributed by atoms with Crippen molar-refractivity contribution in [3.8, 4) is 17.2 Å². The molecule has 0 aliphatic rings. The summed E-state index contributed by atoms with van der Waals surface area (Å²) in [6.45, 7) is -3.01. The highest BCUT2D eigenvalue weighted by Crippen LogP contribution is 2.32. The number of hydrogen-bond donors (Lipinski definition) is 1. The number of ether oxygens (including phenoxy) is 3. The predicted octanol–water partition coefficient (Wildman–Crippen LogP) is 4.70. The Morgan fingerprint density at radius 1 is 1.07 bits per heavy atom. The number of carbonyl (C=O) groups excluding carboxylic acids is 1. The van der Waals surface area contributed by atoms with E-state index in [0.717, 1.165) is 5.39 Å². The number of rotatable bonds is 7. The van der Waals surface area contributed by atoms with Gasteiger partial charge in [-0.15, -0.1) is 0 Å². The Morgan fingerprint density at radius 3 is 2.57 bits per heavy atom. The molecule has 8 heteroatoms.